The largest absolute Gasteiger partial charge is 0.310 e. The molecule has 0 fully saturated rings. The van der Waals surface area contributed by atoms with Gasteiger partial charge in [-0.15, -0.1) is 0 Å². The summed E-state index contributed by atoms with van der Waals surface area (Å²) in [6.07, 6.45) is 0.674. The summed E-state index contributed by atoms with van der Waals surface area (Å²) < 4.78 is 14.1. The number of nitrogens with one attached hydrogen (secondary N) is 1. The average molecular weight is 391 g/mol. The third-order valence-corrected chi connectivity index (χ3v) is 4.50. The molecule has 5 heteroatoms. The lowest BCUT2D eigenvalue weighted by molar-refractivity contribution is 0.547. The van der Waals surface area contributed by atoms with Gasteiger partial charge >= 0.3 is 0 Å². The van der Waals surface area contributed by atoms with Crippen LogP contribution in [0.2, 0.25) is 10.0 Å². The van der Waals surface area contributed by atoms with E-state index < -0.39 is 0 Å². The SMILES string of the molecule is CCNC(Cc1ccc(F)cc1Cl)c1ccc(Cl)cc1Br. The first-order valence-corrected chi connectivity index (χ1v) is 8.18. The van der Waals surface area contributed by atoms with E-state index in [0.29, 0.717) is 16.5 Å². The highest BCUT2D eigenvalue weighted by molar-refractivity contribution is 9.10. The predicted octanol–water partition coefficient (Wildman–Crippen LogP) is 5.79. The first kappa shape index (κ1) is 16.8. The predicted molar refractivity (Wildman–Crippen MR) is 90.7 cm³/mol. The number of hydrogen-bond acceptors (Lipinski definition) is 1. The minimum atomic E-state index is -0.323. The lowest BCUT2D eigenvalue weighted by Gasteiger charge is -2.20. The second kappa shape index (κ2) is 7.59. The van der Waals surface area contributed by atoms with E-state index in [4.69, 9.17) is 23.2 Å². The molecule has 0 radical (unpaired) electrons. The molecule has 0 aliphatic carbocycles. The van der Waals surface area contributed by atoms with Crippen LogP contribution in [0, 0.1) is 5.82 Å². The molecule has 0 heterocycles. The van der Waals surface area contributed by atoms with Crippen LogP contribution < -0.4 is 5.32 Å². The number of benzene rings is 2. The summed E-state index contributed by atoms with van der Waals surface area (Å²) in [5.41, 5.74) is 2.01. The molecule has 0 saturated heterocycles. The lowest BCUT2D eigenvalue weighted by Crippen LogP contribution is -2.23. The molecule has 1 N–H and O–H groups in total. The quantitative estimate of drug-likeness (QED) is 0.681. The molecular weight excluding hydrogens is 376 g/mol. The number of likely N-dealkylation sites (N-methyl/N-ethyl adjacent to an activating group) is 1. The molecule has 0 aliphatic heterocycles. The number of halogens is 4. The average Bonchev–Trinajstić information content (AvgIpc) is 2.41. The van der Waals surface area contributed by atoms with Crippen molar-refractivity contribution < 1.29 is 4.39 Å². The summed E-state index contributed by atoms with van der Waals surface area (Å²) in [7, 11) is 0. The molecule has 2 aromatic rings. The highest BCUT2D eigenvalue weighted by atomic mass is 79.9. The Labute approximate surface area is 142 Å². The second-order valence-corrected chi connectivity index (χ2v) is 6.41. The van der Waals surface area contributed by atoms with Crippen molar-refractivity contribution in [3.63, 3.8) is 0 Å². The van der Waals surface area contributed by atoms with Gasteiger partial charge in [0, 0.05) is 20.6 Å². The summed E-state index contributed by atoms with van der Waals surface area (Å²) in [5, 5.41) is 4.55. The van der Waals surface area contributed by atoms with Gasteiger partial charge in [-0.25, -0.2) is 4.39 Å². The zero-order chi connectivity index (χ0) is 15.4. The van der Waals surface area contributed by atoms with Crippen LogP contribution in [0.1, 0.15) is 24.1 Å². The van der Waals surface area contributed by atoms with Gasteiger partial charge in [0.05, 0.1) is 0 Å². The molecule has 1 atom stereocenters. The Bertz CT molecular complexity index is 634. The second-order valence-electron chi connectivity index (χ2n) is 4.72. The van der Waals surface area contributed by atoms with Gasteiger partial charge in [-0.3, -0.25) is 0 Å². The van der Waals surface area contributed by atoms with Gasteiger partial charge in [-0.1, -0.05) is 58.2 Å². The zero-order valence-electron chi connectivity index (χ0n) is 11.5. The molecule has 0 aliphatic rings. The van der Waals surface area contributed by atoms with Crippen molar-refractivity contribution in [3.05, 3.63) is 67.9 Å². The molecule has 21 heavy (non-hydrogen) atoms. The molecule has 2 rings (SSSR count). The van der Waals surface area contributed by atoms with Crippen LogP contribution in [-0.2, 0) is 6.42 Å². The summed E-state index contributed by atoms with van der Waals surface area (Å²) in [6.45, 7) is 2.86. The zero-order valence-corrected chi connectivity index (χ0v) is 14.6. The molecule has 0 bridgehead atoms. The van der Waals surface area contributed by atoms with Crippen molar-refractivity contribution >= 4 is 39.1 Å². The maximum atomic E-state index is 13.1. The minimum Gasteiger partial charge on any atom is -0.310 e. The molecule has 1 nitrogen and oxygen atoms in total. The van der Waals surface area contributed by atoms with Crippen molar-refractivity contribution in [2.45, 2.75) is 19.4 Å². The van der Waals surface area contributed by atoms with E-state index in [2.05, 4.69) is 21.2 Å². The van der Waals surface area contributed by atoms with Crippen LogP contribution >= 0.6 is 39.1 Å². The molecule has 1 unspecified atom stereocenters. The maximum Gasteiger partial charge on any atom is 0.124 e. The smallest absolute Gasteiger partial charge is 0.124 e. The molecular formula is C16H15BrCl2FN. The van der Waals surface area contributed by atoms with Gasteiger partial charge in [0.1, 0.15) is 5.82 Å². The van der Waals surface area contributed by atoms with E-state index in [1.54, 1.807) is 6.07 Å². The highest BCUT2D eigenvalue weighted by Gasteiger charge is 2.16. The molecule has 2 aromatic carbocycles. The van der Waals surface area contributed by atoms with Crippen molar-refractivity contribution in [1.29, 1.82) is 0 Å². The highest BCUT2D eigenvalue weighted by Crippen LogP contribution is 2.30. The van der Waals surface area contributed by atoms with Crippen molar-refractivity contribution in [1.82, 2.24) is 5.32 Å². The maximum absolute atomic E-state index is 13.1. The first-order chi connectivity index (χ1) is 10.0. The minimum absolute atomic E-state index is 0.0737. The number of hydrogen-bond donors (Lipinski definition) is 1. The van der Waals surface area contributed by atoms with E-state index >= 15 is 0 Å². The van der Waals surface area contributed by atoms with E-state index in [1.165, 1.54) is 12.1 Å². The Morgan fingerprint density at radius 3 is 2.57 bits per heavy atom. The van der Waals surface area contributed by atoms with Gasteiger partial charge in [-0.05, 0) is 48.4 Å². The van der Waals surface area contributed by atoms with Gasteiger partial charge in [0.15, 0.2) is 0 Å². The van der Waals surface area contributed by atoms with Crippen LogP contribution in [0.3, 0.4) is 0 Å². The third-order valence-electron chi connectivity index (χ3n) is 3.23. The van der Waals surface area contributed by atoms with E-state index in [-0.39, 0.29) is 11.9 Å². The van der Waals surface area contributed by atoms with E-state index in [0.717, 1.165) is 22.1 Å². The molecule has 0 spiro atoms. The molecule has 0 amide bonds. The summed E-state index contributed by atoms with van der Waals surface area (Å²) in [6, 6.07) is 10.3. The Balaban J connectivity index is 2.30. The van der Waals surface area contributed by atoms with Crippen molar-refractivity contribution in [2.75, 3.05) is 6.54 Å². The van der Waals surface area contributed by atoms with E-state index in [1.807, 2.05) is 25.1 Å². The summed E-state index contributed by atoms with van der Waals surface area (Å²) in [5.74, 6) is -0.323. The Morgan fingerprint density at radius 1 is 1.19 bits per heavy atom. The van der Waals surface area contributed by atoms with Crippen LogP contribution in [-0.4, -0.2) is 6.54 Å². The van der Waals surface area contributed by atoms with Crippen molar-refractivity contribution in [3.8, 4) is 0 Å². The van der Waals surface area contributed by atoms with Crippen LogP contribution in [0.25, 0.3) is 0 Å². The fourth-order valence-corrected chi connectivity index (χ4v) is 3.43. The standard InChI is InChI=1S/C16H15BrCl2FN/c1-2-21-16(13-6-4-11(18)8-14(13)17)7-10-3-5-12(20)9-15(10)19/h3-6,8-9,16,21H,2,7H2,1H3. The lowest BCUT2D eigenvalue weighted by atomic mass is 9.98. The topological polar surface area (TPSA) is 12.0 Å². The molecule has 0 saturated carbocycles. The monoisotopic (exact) mass is 389 g/mol. The van der Waals surface area contributed by atoms with Gasteiger partial charge < -0.3 is 5.32 Å². The normalized spacial score (nSPS) is 12.4. The Morgan fingerprint density at radius 2 is 1.95 bits per heavy atom. The van der Waals surface area contributed by atoms with Crippen LogP contribution in [0.4, 0.5) is 4.39 Å². The fraction of sp³-hybridized carbons (Fsp3) is 0.250. The summed E-state index contributed by atoms with van der Waals surface area (Å²) in [4.78, 5) is 0. The van der Waals surface area contributed by atoms with Gasteiger partial charge in [0.25, 0.3) is 0 Å². The van der Waals surface area contributed by atoms with Crippen molar-refractivity contribution in [2.24, 2.45) is 0 Å². The molecule has 112 valence electrons. The summed E-state index contributed by atoms with van der Waals surface area (Å²) >= 11 is 15.7. The first-order valence-electron chi connectivity index (χ1n) is 6.63. The van der Waals surface area contributed by atoms with E-state index in [9.17, 15) is 4.39 Å². The van der Waals surface area contributed by atoms with Gasteiger partial charge in [-0.2, -0.15) is 0 Å². The van der Waals surface area contributed by atoms with Gasteiger partial charge in [0.2, 0.25) is 0 Å². The molecule has 0 aromatic heterocycles. The van der Waals surface area contributed by atoms with Crippen LogP contribution in [0.15, 0.2) is 40.9 Å². The third kappa shape index (κ3) is 4.43. The van der Waals surface area contributed by atoms with Crippen LogP contribution in [0.5, 0.6) is 0 Å². The fourth-order valence-electron chi connectivity index (χ4n) is 2.23. The Kier molecular flexibility index (Phi) is 6.06. The Hall–Kier alpha value is -0.610. The number of rotatable bonds is 5.